The molecule has 4 heteroatoms. The first-order valence-corrected chi connectivity index (χ1v) is 9.04. The van der Waals surface area contributed by atoms with Gasteiger partial charge in [-0.05, 0) is 41.3 Å². The molecule has 136 valence electrons. The smallest absolute Gasteiger partial charge is 0.205 e. The molecule has 2 aromatic carbocycles. The lowest BCUT2D eigenvalue weighted by Crippen LogP contribution is -2.10. The molecule has 0 radical (unpaired) electrons. The van der Waals surface area contributed by atoms with Crippen LogP contribution in [0.3, 0.4) is 0 Å². The molecule has 0 aliphatic rings. The van der Waals surface area contributed by atoms with E-state index in [0.29, 0.717) is 0 Å². The van der Waals surface area contributed by atoms with Crippen LogP contribution >= 0.6 is 0 Å². The van der Waals surface area contributed by atoms with Crippen molar-refractivity contribution in [2.75, 3.05) is 5.32 Å². The second kappa shape index (κ2) is 6.47. The van der Waals surface area contributed by atoms with Crippen LogP contribution in [0, 0.1) is 0 Å². The summed E-state index contributed by atoms with van der Waals surface area (Å²) in [5.74, 6) is 0.223. The van der Waals surface area contributed by atoms with E-state index >= 15 is 0 Å². The summed E-state index contributed by atoms with van der Waals surface area (Å²) in [4.78, 5) is 4.13. The molecule has 2 aromatic heterocycles. The number of pyridine rings is 1. The average Bonchev–Trinajstić information content (AvgIpc) is 3.00. The zero-order valence-corrected chi connectivity index (χ0v) is 15.8. The SMILES string of the molecule is CC(C)(C)c1ccc(-n2cc3cccc(Nc4cccnc4)c3c2O)cc1. The molecule has 0 unspecified atom stereocenters. The number of aromatic hydroxyl groups is 1. The quantitative estimate of drug-likeness (QED) is 0.489. The minimum Gasteiger partial charge on any atom is -0.494 e. The van der Waals surface area contributed by atoms with Gasteiger partial charge in [-0.15, -0.1) is 0 Å². The summed E-state index contributed by atoms with van der Waals surface area (Å²) in [6.45, 7) is 6.58. The first-order chi connectivity index (χ1) is 12.9. The van der Waals surface area contributed by atoms with E-state index in [4.69, 9.17) is 0 Å². The second-order valence-electron chi connectivity index (χ2n) is 7.76. The van der Waals surface area contributed by atoms with Crippen LogP contribution in [0.4, 0.5) is 11.4 Å². The average molecular weight is 357 g/mol. The molecule has 0 saturated heterocycles. The lowest BCUT2D eigenvalue weighted by atomic mass is 9.87. The third-order valence-electron chi connectivity index (χ3n) is 4.77. The molecule has 0 spiro atoms. The van der Waals surface area contributed by atoms with Crippen LogP contribution < -0.4 is 5.32 Å². The summed E-state index contributed by atoms with van der Waals surface area (Å²) in [6.07, 6.45) is 5.46. The molecule has 4 aromatic rings. The number of nitrogens with zero attached hydrogens (tertiary/aromatic N) is 2. The minimum atomic E-state index is 0.1000. The molecule has 4 rings (SSSR count). The molecule has 4 nitrogen and oxygen atoms in total. The number of nitrogens with one attached hydrogen (secondary N) is 1. The summed E-state index contributed by atoms with van der Waals surface area (Å²) < 4.78 is 1.82. The van der Waals surface area contributed by atoms with Gasteiger partial charge in [0.2, 0.25) is 5.88 Å². The Bertz CT molecular complexity index is 1070. The maximum absolute atomic E-state index is 10.9. The van der Waals surface area contributed by atoms with Crippen molar-refractivity contribution in [3.8, 4) is 11.6 Å². The maximum Gasteiger partial charge on any atom is 0.205 e. The number of aromatic nitrogens is 2. The molecule has 0 fully saturated rings. The van der Waals surface area contributed by atoms with Crippen molar-refractivity contribution in [3.05, 3.63) is 78.8 Å². The van der Waals surface area contributed by atoms with E-state index in [1.165, 1.54) is 5.56 Å². The highest BCUT2D eigenvalue weighted by Crippen LogP contribution is 2.37. The van der Waals surface area contributed by atoms with Crippen molar-refractivity contribution < 1.29 is 5.11 Å². The topological polar surface area (TPSA) is 50.1 Å². The van der Waals surface area contributed by atoms with E-state index in [1.54, 1.807) is 12.4 Å². The molecule has 0 aliphatic heterocycles. The van der Waals surface area contributed by atoms with Gasteiger partial charge in [0.1, 0.15) is 0 Å². The summed E-state index contributed by atoms with van der Waals surface area (Å²) in [6, 6.07) is 18.1. The lowest BCUT2D eigenvalue weighted by molar-refractivity contribution is 0.448. The van der Waals surface area contributed by atoms with Crippen molar-refractivity contribution >= 4 is 22.1 Å². The first-order valence-electron chi connectivity index (χ1n) is 9.04. The fourth-order valence-corrected chi connectivity index (χ4v) is 3.26. The summed E-state index contributed by atoms with van der Waals surface area (Å²) >= 11 is 0. The number of hydrogen-bond donors (Lipinski definition) is 2. The van der Waals surface area contributed by atoms with Crippen LogP contribution in [0.1, 0.15) is 26.3 Å². The van der Waals surface area contributed by atoms with Crippen LogP contribution in [-0.4, -0.2) is 14.7 Å². The Labute approximate surface area is 159 Å². The van der Waals surface area contributed by atoms with Crippen LogP contribution in [0.5, 0.6) is 5.88 Å². The van der Waals surface area contributed by atoms with E-state index in [2.05, 4.69) is 43.2 Å². The van der Waals surface area contributed by atoms with Gasteiger partial charge >= 0.3 is 0 Å². The van der Waals surface area contributed by atoms with Crippen LogP contribution in [-0.2, 0) is 5.41 Å². The fourth-order valence-electron chi connectivity index (χ4n) is 3.26. The van der Waals surface area contributed by atoms with Gasteiger partial charge in [-0.2, -0.15) is 0 Å². The third kappa shape index (κ3) is 3.26. The van der Waals surface area contributed by atoms with Crippen LogP contribution in [0.25, 0.3) is 16.5 Å². The summed E-state index contributed by atoms with van der Waals surface area (Å²) in [7, 11) is 0. The molecular formula is C23H23N3O. The lowest BCUT2D eigenvalue weighted by Gasteiger charge is -2.19. The van der Waals surface area contributed by atoms with Gasteiger partial charge in [0.15, 0.2) is 0 Å². The normalized spacial score (nSPS) is 11.7. The zero-order chi connectivity index (χ0) is 19.0. The van der Waals surface area contributed by atoms with Crippen LogP contribution in [0.2, 0.25) is 0 Å². The first kappa shape index (κ1) is 17.2. The Kier molecular flexibility index (Phi) is 4.11. The van der Waals surface area contributed by atoms with E-state index in [1.807, 2.05) is 53.2 Å². The van der Waals surface area contributed by atoms with Gasteiger partial charge in [-0.25, -0.2) is 0 Å². The van der Waals surface area contributed by atoms with Crippen molar-refractivity contribution in [2.45, 2.75) is 26.2 Å². The molecule has 27 heavy (non-hydrogen) atoms. The summed E-state index contributed by atoms with van der Waals surface area (Å²) in [5, 5.41) is 16.1. The Morgan fingerprint density at radius 1 is 0.963 bits per heavy atom. The third-order valence-corrected chi connectivity index (χ3v) is 4.77. The molecule has 0 bridgehead atoms. The predicted molar refractivity (Wildman–Crippen MR) is 111 cm³/mol. The largest absolute Gasteiger partial charge is 0.494 e. The zero-order valence-electron chi connectivity index (χ0n) is 15.8. The number of anilines is 2. The van der Waals surface area contributed by atoms with E-state index in [0.717, 1.165) is 27.8 Å². The van der Waals surface area contributed by atoms with E-state index in [9.17, 15) is 5.11 Å². The van der Waals surface area contributed by atoms with E-state index in [-0.39, 0.29) is 11.3 Å². The fraction of sp³-hybridized carbons (Fsp3) is 0.174. The molecule has 2 N–H and O–H groups in total. The molecular weight excluding hydrogens is 334 g/mol. The number of rotatable bonds is 3. The van der Waals surface area contributed by atoms with Gasteiger partial charge < -0.3 is 10.4 Å². The van der Waals surface area contributed by atoms with Gasteiger partial charge in [0, 0.05) is 23.5 Å². The highest BCUT2D eigenvalue weighted by molar-refractivity contribution is 6.00. The van der Waals surface area contributed by atoms with Crippen LogP contribution in [0.15, 0.2) is 73.2 Å². The summed E-state index contributed by atoms with van der Waals surface area (Å²) in [5.41, 5.74) is 4.03. The van der Waals surface area contributed by atoms with E-state index < -0.39 is 0 Å². The Hall–Kier alpha value is -3.27. The second-order valence-corrected chi connectivity index (χ2v) is 7.76. The number of benzene rings is 2. The Balaban J connectivity index is 1.77. The van der Waals surface area contributed by atoms with Gasteiger partial charge in [-0.1, -0.05) is 45.0 Å². The maximum atomic E-state index is 10.9. The highest BCUT2D eigenvalue weighted by atomic mass is 16.3. The number of hydrogen-bond acceptors (Lipinski definition) is 3. The molecule has 2 heterocycles. The minimum absolute atomic E-state index is 0.1000. The monoisotopic (exact) mass is 357 g/mol. The van der Waals surface area contributed by atoms with Crippen molar-refractivity contribution in [1.82, 2.24) is 9.55 Å². The molecule has 0 aliphatic carbocycles. The standard InChI is InChI=1S/C23H23N3O/c1-23(2,3)17-9-11-19(12-10-17)26-15-16-6-4-8-20(21(16)22(26)27)25-18-7-5-13-24-14-18/h4-15,25,27H,1-3H3. The van der Waals surface area contributed by atoms with Gasteiger partial charge in [-0.3, -0.25) is 9.55 Å². The highest BCUT2D eigenvalue weighted by Gasteiger charge is 2.16. The predicted octanol–water partition coefficient (Wildman–Crippen LogP) is 5.77. The number of fused-ring (bicyclic) bond motifs is 1. The molecule has 0 atom stereocenters. The Morgan fingerprint density at radius 2 is 1.74 bits per heavy atom. The van der Waals surface area contributed by atoms with Crippen molar-refractivity contribution in [1.29, 1.82) is 0 Å². The molecule has 0 amide bonds. The Morgan fingerprint density at radius 3 is 2.41 bits per heavy atom. The van der Waals surface area contributed by atoms with Gasteiger partial charge in [0.25, 0.3) is 0 Å². The van der Waals surface area contributed by atoms with Gasteiger partial charge in [0.05, 0.1) is 23.0 Å². The molecule has 0 saturated carbocycles. The van der Waals surface area contributed by atoms with Crippen molar-refractivity contribution in [2.24, 2.45) is 0 Å². The van der Waals surface area contributed by atoms with Crippen molar-refractivity contribution in [3.63, 3.8) is 0 Å².